The third kappa shape index (κ3) is 7.91. The zero-order valence-electron chi connectivity index (χ0n) is 14.4. The van der Waals surface area contributed by atoms with Gasteiger partial charge in [0.25, 0.3) is 0 Å². The number of carbonyl (C=O) groups excluding carboxylic acids is 2. The van der Waals surface area contributed by atoms with Crippen LogP contribution >= 0.6 is 0 Å². The van der Waals surface area contributed by atoms with Gasteiger partial charge in [-0.3, -0.25) is 14.4 Å². The van der Waals surface area contributed by atoms with Crippen LogP contribution in [0.25, 0.3) is 0 Å². The molecule has 138 valence electrons. The molecular weight excluding hydrogens is 318 g/mol. The molecule has 6 N–H and O–H groups in total. The normalized spacial score (nSPS) is 14.8. The topological polar surface area (TPSA) is 159 Å². The lowest BCUT2D eigenvalue weighted by molar-refractivity contribution is -0.144. The van der Waals surface area contributed by atoms with Crippen LogP contribution in [0.5, 0.6) is 0 Å². The van der Waals surface area contributed by atoms with E-state index in [1.54, 1.807) is 13.8 Å². The van der Waals surface area contributed by atoms with Crippen molar-refractivity contribution in [2.24, 2.45) is 17.6 Å². The Balaban J connectivity index is 5.04. The summed E-state index contributed by atoms with van der Waals surface area (Å²) in [6, 6.07) is -3.36. The van der Waals surface area contributed by atoms with Crippen molar-refractivity contribution in [3.05, 3.63) is 0 Å². The fourth-order valence-electron chi connectivity index (χ4n) is 2.03. The Morgan fingerprint density at radius 1 is 0.958 bits per heavy atom. The van der Waals surface area contributed by atoms with Gasteiger partial charge < -0.3 is 26.6 Å². The number of hydrogen-bond acceptors (Lipinski definition) is 5. The van der Waals surface area contributed by atoms with E-state index in [2.05, 4.69) is 10.6 Å². The predicted molar refractivity (Wildman–Crippen MR) is 86.0 cm³/mol. The maximum Gasteiger partial charge on any atom is 0.326 e. The number of carbonyl (C=O) groups is 4. The lowest BCUT2D eigenvalue weighted by atomic mass is 10.00. The number of carboxylic acid groups (broad SMARTS) is 2. The largest absolute Gasteiger partial charge is 0.481 e. The molecule has 0 aliphatic rings. The summed E-state index contributed by atoms with van der Waals surface area (Å²) < 4.78 is 0. The first-order valence-electron chi connectivity index (χ1n) is 7.76. The first-order valence-corrected chi connectivity index (χ1v) is 7.76. The van der Waals surface area contributed by atoms with Gasteiger partial charge in [0.2, 0.25) is 11.8 Å². The zero-order chi connectivity index (χ0) is 19.0. The Morgan fingerprint density at radius 2 is 1.50 bits per heavy atom. The molecule has 3 atom stereocenters. The molecule has 0 aliphatic heterocycles. The fraction of sp³-hybridized carbons (Fsp3) is 0.733. The van der Waals surface area contributed by atoms with Crippen molar-refractivity contribution in [3.63, 3.8) is 0 Å². The average molecular weight is 345 g/mol. The summed E-state index contributed by atoms with van der Waals surface area (Å²) in [4.78, 5) is 46.1. The summed E-state index contributed by atoms with van der Waals surface area (Å²) in [5.41, 5.74) is 5.48. The van der Waals surface area contributed by atoms with Gasteiger partial charge in [-0.15, -0.1) is 0 Å². The van der Waals surface area contributed by atoms with E-state index in [0.717, 1.165) is 0 Å². The molecule has 0 rings (SSSR count). The van der Waals surface area contributed by atoms with E-state index in [9.17, 15) is 19.2 Å². The van der Waals surface area contributed by atoms with E-state index in [1.165, 1.54) is 0 Å². The Morgan fingerprint density at radius 3 is 1.88 bits per heavy atom. The minimum Gasteiger partial charge on any atom is -0.481 e. The first-order chi connectivity index (χ1) is 11.0. The fourth-order valence-corrected chi connectivity index (χ4v) is 2.03. The number of carboxylic acids is 2. The van der Waals surface area contributed by atoms with Crippen molar-refractivity contribution in [2.45, 2.75) is 58.7 Å². The van der Waals surface area contributed by atoms with Crippen LogP contribution < -0.4 is 16.4 Å². The van der Waals surface area contributed by atoms with Crippen LogP contribution in [0.3, 0.4) is 0 Å². The molecule has 0 saturated carbocycles. The van der Waals surface area contributed by atoms with Gasteiger partial charge in [0.1, 0.15) is 12.1 Å². The average Bonchev–Trinajstić information content (AvgIpc) is 2.41. The van der Waals surface area contributed by atoms with Gasteiger partial charge in [0.15, 0.2) is 0 Å². The maximum atomic E-state index is 12.3. The van der Waals surface area contributed by atoms with Crippen LogP contribution in [0.15, 0.2) is 0 Å². The molecule has 0 bridgehead atoms. The first kappa shape index (κ1) is 21.8. The number of aliphatic carboxylic acids is 2. The highest BCUT2D eigenvalue weighted by atomic mass is 16.4. The van der Waals surface area contributed by atoms with Crippen LogP contribution in [0.1, 0.15) is 40.5 Å². The molecule has 0 spiro atoms. The monoisotopic (exact) mass is 345 g/mol. The minimum absolute atomic E-state index is 0.0408. The zero-order valence-corrected chi connectivity index (χ0v) is 14.4. The highest BCUT2D eigenvalue weighted by molar-refractivity contribution is 5.92. The van der Waals surface area contributed by atoms with Crippen LogP contribution in [0.2, 0.25) is 0 Å². The highest BCUT2D eigenvalue weighted by Gasteiger charge is 2.30. The van der Waals surface area contributed by atoms with E-state index in [4.69, 9.17) is 15.9 Å². The van der Waals surface area contributed by atoms with E-state index >= 15 is 0 Å². The second kappa shape index (κ2) is 9.86. The number of nitrogens with two attached hydrogens (primary N) is 1. The third-order valence-corrected chi connectivity index (χ3v) is 3.30. The summed E-state index contributed by atoms with van der Waals surface area (Å²) >= 11 is 0. The van der Waals surface area contributed by atoms with Crippen molar-refractivity contribution in [2.75, 3.05) is 0 Å². The van der Waals surface area contributed by atoms with Crippen LogP contribution in [0.4, 0.5) is 0 Å². The van der Waals surface area contributed by atoms with Gasteiger partial charge in [-0.1, -0.05) is 27.7 Å². The van der Waals surface area contributed by atoms with Crippen molar-refractivity contribution in [1.82, 2.24) is 10.6 Å². The number of amides is 2. The van der Waals surface area contributed by atoms with Crippen LogP contribution in [0, 0.1) is 11.8 Å². The number of rotatable bonds is 10. The molecule has 0 aromatic rings. The summed E-state index contributed by atoms with van der Waals surface area (Å²) in [7, 11) is 0. The molecule has 0 heterocycles. The lowest BCUT2D eigenvalue weighted by Gasteiger charge is -2.25. The summed E-state index contributed by atoms with van der Waals surface area (Å²) in [6.07, 6.45) is -0.298. The summed E-state index contributed by atoms with van der Waals surface area (Å²) in [5.74, 6) is -4.10. The Hall–Kier alpha value is -2.16. The van der Waals surface area contributed by atoms with Crippen LogP contribution in [-0.4, -0.2) is 52.1 Å². The Kier molecular flexibility index (Phi) is 8.97. The molecule has 24 heavy (non-hydrogen) atoms. The van der Waals surface area contributed by atoms with Gasteiger partial charge in [0, 0.05) is 0 Å². The van der Waals surface area contributed by atoms with E-state index in [0.29, 0.717) is 0 Å². The Bertz CT molecular complexity index is 478. The second-order valence-corrected chi connectivity index (χ2v) is 6.46. The molecule has 0 unspecified atom stereocenters. The number of nitrogens with one attached hydrogen (secondary N) is 2. The standard InChI is InChI=1S/C15H27N3O6/c1-7(2)5-10(17-13(21)9(16)6-11(19)20)14(22)18-12(8(3)4)15(23)24/h7-10,12H,5-6,16H2,1-4H3,(H,17,21)(H,18,22)(H,19,20)(H,23,24)/t9-,10-,12-/m0/s1. The van der Waals surface area contributed by atoms with Crippen molar-refractivity contribution in [1.29, 1.82) is 0 Å². The molecule has 9 nitrogen and oxygen atoms in total. The van der Waals surface area contributed by atoms with Gasteiger partial charge in [-0.2, -0.15) is 0 Å². The molecule has 0 aromatic heterocycles. The van der Waals surface area contributed by atoms with Crippen molar-refractivity contribution in [3.8, 4) is 0 Å². The maximum absolute atomic E-state index is 12.3. The molecular formula is C15H27N3O6. The third-order valence-electron chi connectivity index (χ3n) is 3.30. The van der Waals surface area contributed by atoms with Gasteiger partial charge in [-0.25, -0.2) is 4.79 Å². The van der Waals surface area contributed by atoms with Gasteiger partial charge >= 0.3 is 11.9 Å². The molecule has 0 fully saturated rings. The molecule has 9 heteroatoms. The van der Waals surface area contributed by atoms with Gasteiger partial charge in [0.05, 0.1) is 12.5 Å². The molecule has 0 radical (unpaired) electrons. The minimum atomic E-state index is -1.29. The van der Waals surface area contributed by atoms with E-state index in [-0.39, 0.29) is 18.3 Å². The molecule has 0 saturated heterocycles. The van der Waals surface area contributed by atoms with Crippen LogP contribution in [-0.2, 0) is 19.2 Å². The molecule has 2 amide bonds. The molecule has 0 aromatic carbocycles. The van der Waals surface area contributed by atoms with Crippen molar-refractivity contribution >= 4 is 23.8 Å². The number of hydrogen-bond donors (Lipinski definition) is 5. The lowest BCUT2D eigenvalue weighted by Crippen LogP contribution is -2.56. The van der Waals surface area contributed by atoms with E-state index in [1.807, 2.05) is 13.8 Å². The smallest absolute Gasteiger partial charge is 0.326 e. The summed E-state index contributed by atoms with van der Waals surface area (Å²) in [5, 5.41) is 22.6. The SMILES string of the molecule is CC(C)C[C@H](NC(=O)[C@@H](N)CC(=O)O)C(=O)N[C@H](C(=O)O)C(C)C. The predicted octanol–water partition coefficient (Wildman–Crippen LogP) is -0.455. The Labute approximate surface area is 141 Å². The second-order valence-electron chi connectivity index (χ2n) is 6.46. The molecule has 0 aliphatic carbocycles. The van der Waals surface area contributed by atoms with Gasteiger partial charge in [-0.05, 0) is 18.3 Å². The quantitative estimate of drug-likeness (QED) is 0.358. The van der Waals surface area contributed by atoms with E-state index < -0.39 is 48.3 Å². The highest BCUT2D eigenvalue weighted by Crippen LogP contribution is 2.08. The summed E-state index contributed by atoms with van der Waals surface area (Å²) in [6.45, 7) is 6.97. The van der Waals surface area contributed by atoms with Crippen molar-refractivity contribution < 1.29 is 29.4 Å².